The molecule has 0 aromatic heterocycles. The Morgan fingerprint density at radius 1 is 1.20 bits per heavy atom. The number of carbonyl (C=O) groups excluding carboxylic acids is 1. The molecule has 30 heavy (non-hydrogen) atoms. The van der Waals surface area contributed by atoms with E-state index in [9.17, 15) is 18.4 Å². The fraction of sp³-hybridized carbons (Fsp3) is 0.150. The molecule has 0 fully saturated rings. The Labute approximate surface area is 169 Å². The van der Waals surface area contributed by atoms with Crippen LogP contribution in [0, 0.1) is 0 Å². The molecule has 1 N–H and O–H groups in total. The highest BCUT2D eigenvalue weighted by molar-refractivity contribution is 6.13. The number of nitrogens with zero attached hydrogens (tertiary/aromatic N) is 1. The number of aliphatic carboxylic acids is 1. The number of alkyl halides is 2. The van der Waals surface area contributed by atoms with Gasteiger partial charge < -0.3 is 24.1 Å². The van der Waals surface area contributed by atoms with Crippen molar-refractivity contribution in [2.24, 2.45) is 4.99 Å². The van der Waals surface area contributed by atoms with E-state index in [1.54, 1.807) is 24.3 Å². The molecule has 0 saturated heterocycles. The minimum Gasteiger partial charge on any atom is -0.493 e. The third-order valence-corrected chi connectivity index (χ3v) is 3.79. The SMILES string of the molecule is COc1cc(C2=N/C(=C/c3ccc(OCC(=O)O)cc3)C(=O)O2)ccc1OC(F)F. The van der Waals surface area contributed by atoms with Crippen LogP contribution in [0.5, 0.6) is 17.2 Å². The number of ether oxygens (including phenoxy) is 4. The number of hydrogen-bond acceptors (Lipinski definition) is 7. The average molecular weight is 419 g/mol. The first kappa shape index (κ1) is 20.8. The molecule has 3 rings (SSSR count). The second kappa shape index (κ2) is 9.03. The van der Waals surface area contributed by atoms with E-state index in [0.29, 0.717) is 16.9 Å². The van der Waals surface area contributed by atoms with Crippen molar-refractivity contribution in [3.63, 3.8) is 0 Å². The third-order valence-electron chi connectivity index (χ3n) is 3.79. The quantitative estimate of drug-likeness (QED) is 0.518. The molecular formula is C20H15F2NO7. The first-order chi connectivity index (χ1) is 14.4. The van der Waals surface area contributed by atoms with Crippen LogP contribution in [0.15, 0.2) is 53.2 Å². The second-order valence-electron chi connectivity index (χ2n) is 5.83. The van der Waals surface area contributed by atoms with Crippen molar-refractivity contribution in [2.75, 3.05) is 13.7 Å². The number of methoxy groups -OCH3 is 1. The van der Waals surface area contributed by atoms with Crippen molar-refractivity contribution < 1.29 is 42.4 Å². The predicted molar refractivity (Wildman–Crippen MR) is 99.8 cm³/mol. The van der Waals surface area contributed by atoms with Gasteiger partial charge in [-0.2, -0.15) is 8.78 Å². The van der Waals surface area contributed by atoms with Crippen LogP contribution in [0.1, 0.15) is 11.1 Å². The zero-order chi connectivity index (χ0) is 21.7. The average Bonchev–Trinajstić information content (AvgIpc) is 3.07. The number of carboxylic acid groups (broad SMARTS) is 1. The van der Waals surface area contributed by atoms with Crippen molar-refractivity contribution in [3.8, 4) is 17.2 Å². The van der Waals surface area contributed by atoms with Gasteiger partial charge in [0, 0.05) is 5.56 Å². The maximum absolute atomic E-state index is 12.4. The lowest BCUT2D eigenvalue weighted by molar-refractivity contribution is -0.139. The van der Waals surface area contributed by atoms with Gasteiger partial charge in [0.25, 0.3) is 0 Å². The first-order valence-electron chi connectivity index (χ1n) is 8.46. The van der Waals surface area contributed by atoms with Gasteiger partial charge in [0.05, 0.1) is 7.11 Å². The van der Waals surface area contributed by atoms with Gasteiger partial charge in [0.2, 0.25) is 5.90 Å². The summed E-state index contributed by atoms with van der Waals surface area (Å²) in [7, 11) is 1.29. The van der Waals surface area contributed by atoms with Crippen LogP contribution in [0.25, 0.3) is 6.08 Å². The van der Waals surface area contributed by atoms with E-state index in [-0.39, 0.29) is 23.1 Å². The summed E-state index contributed by atoms with van der Waals surface area (Å²) in [5, 5.41) is 8.60. The summed E-state index contributed by atoms with van der Waals surface area (Å²) in [5.74, 6) is -1.58. The molecule has 0 unspecified atom stereocenters. The van der Waals surface area contributed by atoms with Crippen molar-refractivity contribution in [3.05, 3.63) is 59.3 Å². The largest absolute Gasteiger partial charge is 0.493 e. The third kappa shape index (κ3) is 5.10. The van der Waals surface area contributed by atoms with Gasteiger partial charge >= 0.3 is 18.6 Å². The van der Waals surface area contributed by atoms with Crippen molar-refractivity contribution in [1.29, 1.82) is 0 Å². The Bertz CT molecular complexity index is 1020. The number of rotatable bonds is 8. The molecule has 0 saturated carbocycles. The van der Waals surface area contributed by atoms with Crippen LogP contribution in [-0.4, -0.2) is 43.3 Å². The minimum atomic E-state index is -3.01. The zero-order valence-corrected chi connectivity index (χ0v) is 15.5. The van der Waals surface area contributed by atoms with Gasteiger partial charge in [-0.15, -0.1) is 0 Å². The highest BCUT2D eigenvalue weighted by atomic mass is 19.3. The Morgan fingerprint density at radius 2 is 1.93 bits per heavy atom. The lowest BCUT2D eigenvalue weighted by Crippen LogP contribution is -2.09. The molecule has 1 aliphatic rings. The van der Waals surface area contributed by atoms with E-state index in [4.69, 9.17) is 19.3 Å². The van der Waals surface area contributed by atoms with E-state index in [1.165, 1.54) is 31.4 Å². The lowest BCUT2D eigenvalue weighted by Gasteiger charge is -2.10. The number of halogens is 2. The molecule has 1 aliphatic heterocycles. The van der Waals surface area contributed by atoms with E-state index in [1.807, 2.05) is 0 Å². The van der Waals surface area contributed by atoms with Gasteiger partial charge in [0.1, 0.15) is 5.75 Å². The molecule has 0 amide bonds. The fourth-order valence-corrected chi connectivity index (χ4v) is 2.49. The van der Waals surface area contributed by atoms with Gasteiger partial charge in [-0.1, -0.05) is 12.1 Å². The smallest absolute Gasteiger partial charge is 0.387 e. The molecule has 0 atom stereocenters. The van der Waals surface area contributed by atoms with Crippen LogP contribution in [0.4, 0.5) is 8.78 Å². The van der Waals surface area contributed by atoms with Crippen molar-refractivity contribution in [1.82, 2.24) is 0 Å². The summed E-state index contributed by atoms with van der Waals surface area (Å²) < 4.78 is 44.4. The van der Waals surface area contributed by atoms with Crippen LogP contribution in [-0.2, 0) is 14.3 Å². The zero-order valence-electron chi connectivity index (χ0n) is 15.5. The molecule has 0 spiro atoms. The highest BCUT2D eigenvalue weighted by Crippen LogP contribution is 2.31. The first-order valence-corrected chi connectivity index (χ1v) is 8.46. The van der Waals surface area contributed by atoms with E-state index in [2.05, 4.69) is 9.73 Å². The topological polar surface area (TPSA) is 104 Å². The van der Waals surface area contributed by atoms with E-state index >= 15 is 0 Å². The van der Waals surface area contributed by atoms with Crippen molar-refractivity contribution in [2.45, 2.75) is 6.61 Å². The highest BCUT2D eigenvalue weighted by Gasteiger charge is 2.25. The Morgan fingerprint density at radius 3 is 2.57 bits per heavy atom. The normalized spacial score (nSPS) is 14.5. The summed E-state index contributed by atoms with van der Waals surface area (Å²) in [4.78, 5) is 26.8. The molecule has 1 heterocycles. The molecule has 10 heteroatoms. The summed E-state index contributed by atoms with van der Waals surface area (Å²) in [6, 6.07) is 10.4. The Balaban J connectivity index is 1.80. The lowest BCUT2D eigenvalue weighted by atomic mass is 10.2. The van der Waals surface area contributed by atoms with E-state index < -0.39 is 25.2 Å². The number of aliphatic imine (C=N–C) groups is 1. The van der Waals surface area contributed by atoms with Crippen molar-refractivity contribution >= 4 is 23.9 Å². The number of hydrogen-bond donors (Lipinski definition) is 1. The van der Waals surface area contributed by atoms with Crippen LogP contribution in [0.3, 0.4) is 0 Å². The summed E-state index contributed by atoms with van der Waals surface area (Å²) in [6.45, 7) is -3.48. The van der Waals surface area contributed by atoms with E-state index in [0.717, 1.165) is 0 Å². The van der Waals surface area contributed by atoms with Gasteiger partial charge in [-0.05, 0) is 42.0 Å². The van der Waals surface area contributed by atoms with Gasteiger partial charge in [-0.3, -0.25) is 0 Å². The Kier molecular flexibility index (Phi) is 6.26. The summed E-state index contributed by atoms with van der Waals surface area (Å²) >= 11 is 0. The Hall–Kier alpha value is -3.95. The standard InChI is InChI=1S/C20H15F2NO7/c1-27-16-9-12(4-7-15(16)29-20(21)22)18-23-14(19(26)30-18)8-11-2-5-13(6-3-11)28-10-17(24)25/h2-9,20H,10H2,1H3,(H,24,25)/b14-8+. The molecular weight excluding hydrogens is 404 g/mol. The van der Waals surface area contributed by atoms with Crippen LogP contribution in [0.2, 0.25) is 0 Å². The van der Waals surface area contributed by atoms with Gasteiger partial charge in [0.15, 0.2) is 23.8 Å². The summed E-state index contributed by atoms with van der Waals surface area (Å²) in [6.07, 6.45) is 1.47. The number of benzene rings is 2. The molecule has 0 radical (unpaired) electrons. The van der Waals surface area contributed by atoms with Gasteiger partial charge in [-0.25, -0.2) is 14.6 Å². The number of esters is 1. The molecule has 0 bridgehead atoms. The fourth-order valence-electron chi connectivity index (χ4n) is 2.49. The predicted octanol–water partition coefficient (Wildman–Crippen LogP) is 3.10. The number of carbonyl (C=O) groups is 2. The number of cyclic esters (lactones) is 1. The summed E-state index contributed by atoms with van der Waals surface area (Å²) in [5.41, 5.74) is 0.964. The van der Waals surface area contributed by atoms with Crippen LogP contribution < -0.4 is 14.2 Å². The maximum atomic E-state index is 12.4. The monoisotopic (exact) mass is 419 g/mol. The maximum Gasteiger partial charge on any atom is 0.387 e. The second-order valence-corrected chi connectivity index (χ2v) is 5.83. The van der Waals surface area contributed by atoms with Crippen LogP contribution >= 0.6 is 0 Å². The molecule has 156 valence electrons. The molecule has 2 aromatic carbocycles. The molecule has 0 aliphatic carbocycles. The minimum absolute atomic E-state index is 0.0189. The molecule has 2 aromatic rings. The number of carboxylic acids is 1. The molecule has 8 nitrogen and oxygen atoms in total.